The van der Waals surface area contributed by atoms with Gasteiger partial charge >= 0.3 is 0 Å². The third-order valence-electron chi connectivity index (χ3n) is 4.27. The zero-order valence-electron chi connectivity index (χ0n) is 12.9. The monoisotopic (exact) mass is 362 g/mol. The van der Waals surface area contributed by atoms with Crippen molar-refractivity contribution in [1.82, 2.24) is 15.6 Å². The molecular weight excluding hydrogens is 339 g/mol. The quantitative estimate of drug-likeness (QED) is 0.739. The van der Waals surface area contributed by atoms with Crippen LogP contribution < -0.4 is 15.5 Å². The molecule has 3 heterocycles. The molecule has 1 aromatic heterocycles. The van der Waals surface area contributed by atoms with E-state index < -0.39 is 0 Å². The second-order valence-corrected chi connectivity index (χ2v) is 5.76. The number of hydrogen-bond acceptors (Lipinski definition) is 5. The van der Waals surface area contributed by atoms with Gasteiger partial charge in [0.15, 0.2) is 0 Å². The van der Waals surface area contributed by atoms with E-state index >= 15 is 0 Å². The highest BCUT2D eigenvalue weighted by Gasteiger charge is 2.26. The summed E-state index contributed by atoms with van der Waals surface area (Å²) in [6.45, 7) is 3.76. The van der Waals surface area contributed by atoms with Crippen molar-refractivity contribution in [2.24, 2.45) is 5.92 Å². The number of amides is 1. The average Bonchev–Trinajstić information content (AvgIpc) is 3.16. The molecule has 0 spiro atoms. The number of carbonyl (C=O) groups is 1. The summed E-state index contributed by atoms with van der Waals surface area (Å²) >= 11 is 0. The lowest BCUT2D eigenvalue weighted by atomic mass is 10.1. The first kappa shape index (κ1) is 20.0. The number of β-amino-alcohol motifs (C(OH)–C–C–N with tert-alkyl or cyclic N) is 1. The number of carbonyl (C=O) groups excluding carboxylic acids is 1. The highest BCUT2D eigenvalue weighted by atomic mass is 35.5. The first-order chi connectivity index (χ1) is 10.3. The second-order valence-electron chi connectivity index (χ2n) is 5.76. The van der Waals surface area contributed by atoms with E-state index in [4.69, 9.17) is 0 Å². The molecule has 6 nitrogen and oxygen atoms in total. The molecule has 130 valence electrons. The Bertz CT molecular complexity index is 512. The number of aliphatic hydroxyl groups is 1. The average molecular weight is 363 g/mol. The Kier molecular flexibility index (Phi) is 8.05. The van der Waals surface area contributed by atoms with E-state index in [0.717, 1.165) is 38.3 Å². The molecule has 0 radical (unpaired) electrons. The number of aliphatic hydroxyl groups excluding tert-OH is 1. The predicted octanol–water partition coefficient (Wildman–Crippen LogP) is 0.835. The third kappa shape index (κ3) is 4.70. The van der Waals surface area contributed by atoms with Gasteiger partial charge < -0.3 is 20.6 Å². The molecule has 2 aliphatic rings. The molecule has 23 heavy (non-hydrogen) atoms. The maximum Gasteiger partial charge on any atom is 0.255 e. The van der Waals surface area contributed by atoms with Gasteiger partial charge in [-0.25, -0.2) is 4.98 Å². The van der Waals surface area contributed by atoms with Crippen molar-refractivity contribution in [1.29, 1.82) is 0 Å². The summed E-state index contributed by atoms with van der Waals surface area (Å²) in [6, 6.07) is 3.61. The van der Waals surface area contributed by atoms with Crippen LogP contribution in [-0.2, 0) is 0 Å². The van der Waals surface area contributed by atoms with Crippen LogP contribution in [0.5, 0.6) is 0 Å². The lowest BCUT2D eigenvalue weighted by Crippen LogP contribution is -2.35. The Morgan fingerprint density at radius 1 is 1.35 bits per heavy atom. The van der Waals surface area contributed by atoms with E-state index in [1.54, 1.807) is 12.3 Å². The summed E-state index contributed by atoms with van der Waals surface area (Å²) in [5.74, 6) is 0.752. The highest BCUT2D eigenvalue weighted by Crippen LogP contribution is 2.21. The Balaban J connectivity index is 0.00000132. The van der Waals surface area contributed by atoms with Gasteiger partial charge in [0.2, 0.25) is 0 Å². The largest absolute Gasteiger partial charge is 0.391 e. The van der Waals surface area contributed by atoms with Gasteiger partial charge in [-0.3, -0.25) is 4.79 Å². The minimum absolute atomic E-state index is 0. The van der Waals surface area contributed by atoms with E-state index in [0.29, 0.717) is 18.7 Å². The lowest BCUT2D eigenvalue weighted by molar-refractivity contribution is 0.0927. The molecule has 0 bridgehead atoms. The van der Waals surface area contributed by atoms with E-state index in [-0.39, 0.29) is 42.7 Å². The van der Waals surface area contributed by atoms with Gasteiger partial charge in [-0.2, -0.15) is 0 Å². The molecule has 3 rings (SSSR count). The fourth-order valence-electron chi connectivity index (χ4n) is 3.00. The third-order valence-corrected chi connectivity index (χ3v) is 4.27. The molecule has 8 heteroatoms. The minimum atomic E-state index is -0.378. The SMILES string of the molecule is Cl.Cl.O=C(NCC1CNCC1O)c1cccnc1N1CCCC1. The van der Waals surface area contributed by atoms with E-state index in [2.05, 4.69) is 20.5 Å². The Morgan fingerprint density at radius 3 is 2.74 bits per heavy atom. The van der Waals surface area contributed by atoms with Gasteiger partial charge in [0.05, 0.1) is 11.7 Å². The topological polar surface area (TPSA) is 77.5 Å². The number of anilines is 1. The molecule has 2 fully saturated rings. The van der Waals surface area contributed by atoms with Crippen LogP contribution in [0.3, 0.4) is 0 Å². The van der Waals surface area contributed by atoms with Crippen molar-refractivity contribution >= 4 is 36.5 Å². The van der Waals surface area contributed by atoms with Crippen LogP contribution in [0.4, 0.5) is 5.82 Å². The van der Waals surface area contributed by atoms with Crippen molar-refractivity contribution in [2.75, 3.05) is 37.6 Å². The highest BCUT2D eigenvalue weighted by molar-refractivity contribution is 5.98. The van der Waals surface area contributed by atoms with Crippen molar-refractivity contribution in [3.05, 3.63) is 23.9 Å². The second kappa shape index (κ2) is 9.27. The fourth-order valence-corrected chi connectivity index (χ4v) is 3.00. The lowest BCUT2D eigenvalue weighted by Gasteiger charge is -2.20. The Labute approximate surface area is 148 Å². The molecule has 2 saturated heterocycles. The molecule has 1 aromatic rings. The molecule has 1 amide bonds. The zero-order chi connectivity index (χ0) is 14.7. The Morgan fingerprint density at radius 2 is 2.09 bits per heavy atom. The zero-order valence-corrected chi connectivity index (χ0v) is 14.5. The number of rotatable bonds is 4. The van der Waals surface area contributed by atoms with Crippen LogP contribution in [0.2, 0.25) is 0 Å². The summed E-state index contributed by atoms with van der Waals surface area (Å²) < 4.78 is 0. The predicted molar refractivity (Wildman–Crippen MR) is 94.9 cm³/mol. The van der Waals surface area contributed by atoms with Crippen LogP contribution in [0.25, 0.3) is 0 Å². The van der Waals surface area contributed by atoms with Crippen molar-refractivity contribution in [3.8, 4) is 0 Å². The number of nitrogens with zero attached hydrogens (tertiary/aromatic N) is 2. The summed E-state index contributed by atoms with van der Waals surface area (Å²) in [6.07, 6.45) is 3.65. The maximum atomic E-state index is 12.4. The van der Waals surface area contributed by atoms with E-state index in [9.17, 15) is 9.90 Å². The van der Waals surface area contributed by atoms with Crippen LogP contribution in [-0.4, -0.2) is 54.8 Å². The summed E-state index contributed by atoms with van der Waals surface area (Å²) in [5, 5.41) is 15.8. The normalized spacial score (nSPS) is 23.1. The number of nitrogens with one attached hydrogen (secondary N) is 2. The van der Waals surface area contributed by atoms with Gasteiger partial charge in [0, 0.05) is 44.8 Å². The van der Waals surface area contributed by atoms with E-state index in [1.165, 1.54) is 0 Å². The molecular formula is C15H24Cl2N4O2. The van der Waals surface area contributed by atoms with Gasteiger partial charge in [-0.15, -0.1) is 24.8 Å². The molecule has 0 aliphatic carbocycles. The molecule has 0 saturated carbocycles. The summed E-state index contributed by atoms with van der Waals surface area (Å²) in [5.41, 5.74) is 0.625. The standard InChI is InChI=1S/C15H22N4O2.2ClH/c20-13-10-16-8-11(13)9-18-15(21)12-4-3-5-17-14(12)19-6-1-2-7-19;;/h3-5,11,13,16,20H,1-2,6-10H2,(H,18,21);2*1H. The van der Waals surface area contributed by atoms with Gasteiger partial charge in [-0.05, 0) is 25.0 Å². The summed E-state index contributed by atoms with van der Waals surface area (Å²) in [7, 11) is 0. The van der Waals surface area contributed by atoms with Crippen molar-refractivity contribution < 1.29 is 9.90 Å². The van der Waals surface area contributed by atoms with Gasteiger partial charge in [0.25, 0.3) is 5.91 Å². The molecule has 3 N–H and O–H groups in total. The summed E-state index contributed by atoms with van der Waals surface area (Å²) in [4.78, 5) is 19.0. The number of aromatic nitrogens is 1. The van der Waals surface area contributed by atoms with Crippen LogP contribution >= 0.6 is 24.8 Å². The fraction of sp³-hybridized carbons (Fsp3) is 0.600. The number of halogens is 2. The first-order valence-corrected chi connectivity index (χ1v) is 7.62. The van der Waals surface area contributed by atoms with Crippen LogP contribution in [0.15, 0.2) is 18.3 Å². The van der Waals surface area contributed by atoms with Gasteiger partial charge in [0.1, 0.15) is 5.82 Å². The maximum absolute atomic E-state index is 12.4. The van der Waals surface area contributed by atoms with Crippen LogP contribution in [0.1, 0.15) is 23.2 Å². The number of pyridine rings is 1. The smallest absolute Gasteiger partial charge is 0.255 e. The molecule has 2 atom stereocenters. The number of hydrogen-bond donors (Lipinski definition) is 3. The van der Waals surface area contributed by atoms with E-state index in [1.807, 2.05) is 6.07 Å². The van der Waals surface area contributed by atoms with Crippen molar-refractivity contribution in [3.63, 3.8) is 0 Å². The first-order valence-electron chi connectivity index (χ1n) is 7.62. The Hall–Kier alpha value is -1.08. The molecule has 2 unspecified atom stereocenters. The van der Waals surface area contributed by atoms with Crippen molar-refractivity contribution in [2.45, 2.75) is 18.9 Å². The van der Waals surface area contributed by atoms with Gasteiger partial charge in [-0.1, -0.05) is 0 Å². The van der Waals surface area contributed by atoms with Crippen LogP contribution in [0, 0.1) is 5.92 Å². The molecule has 0 aromatic carbocycles. The molecule has 2 aliphatic heterocycles. The minimum Gasteiger partial charge on any atom is -0.391 e.